The first-order chi connectivity index (χ1) is 6.74. The van der Waals surface area contributed by atoms with Crippen molar-refractivity contribution in [3.8, 4) is 0 Å². The number of hydrogen-bond donors (Lipinski definition) is 1. The van der Waals surface area contributed by atoms with Crippen molar-refractivity contribution in [1.82, 2.24) is 10.2 Å². The Morgan fingerprint density at radius 1 is 1.36 bits per heavy atom. The second kappa shape index (κ2) is 6.41. The van der Waals surface area contributed by atoms with E-state index in [-0.39, 0.29) is 0 Å². The number of nitrogens with one attached hydrogen (secondary N) is 1. The molecule has 1 unspecified atom stereocenters. The summed E-state index contributed by atoms with van der Waals surface area (Å²) in [5.41, 5.74) is 0. The average molecular weight is 198 g/mol. The van der Waals surface area contributed by atoms with Crippen LogP contribution in [-0.4, -0.2) is 36.6 Å². The van der Waals surface area contributed by atoms with Crippen molar-refractivity contribution in [2.24, 2.45) is 0 Å². The third-order valence-corrected chi connectivity index (χ3v) is 3.16. The highest BCUT2D eigenvalue weighted by molar-refractivity contribution is 4.82. The fourth-order valence-corrected chi connectivity index (χ4v) is 2.10. The SMILES string of the molecule is CCCCCNC1CCN(C(C)C)C1. The zero-order valence-corrected chi connectivity index (χ0v) is 10.1. The van der Waals surface area contributed by atoms with Crippen LogP contribution in [0.4, 0.5) is 0 Å². The maximum atomic E-state index is 3.66. The van der Waals surface area contributed by atoms with Crippen molar-refractivity contribution >= 4 is 0 Å². The summed E-state index contributed by atoms with van der Waals surface area (Å²) in [5, 5.41) is 3.66. The predicted molar refractivity (Wildman–Crippen MR) is 62.6 cm³/mol. The van der Waals surface area contributed by atoms with Gasteiger partial charge in [-0.15, -0.1) is 0 Å². The molecule has 0 radical (unpaired) electrons. The summed E-state index contributed by atoms with van der Waals surface area (Å²) in [5.74, 6) is 0. The zero-order valence-electron chi connectivity index (χ0n) is 10.1. The molecule has 1 aliphatic heterocycles. The molecule has 1 fully saturated rings. The normalized spacial score (nSPS) is 23.6. The van der Waals surface area contributed by atoms with E-state index in [1.807, 2.05) is 0 Å². The second-order valence-corrected chi connectivity index (χ2v) is 4.74. The quantitative estimate of drug-likeness (QED) is 0.659. The van der Waals surface area contributed by atoms with Gasteiger partial charge >= 0.3 is 0 Å². The van der Waals surface area contributed by atoms with E-state index in [1.165, 1.54) is 45.3 Å². The van der Waals surface area contributed by atoms with E-state index >= 15 is 0 Å². The lowest BCUT2D eigenvalue weighted by Gasteiger charge is -2.20. The van der Waals surface area contributed by atoms with Crippen LogP contribution in [0.25, 0.3) is 0 Å². The van der Waals surface area contributed by atoms with E-state index in [0.717, 1.165) is 12.1 Å². The number of rotatable bonds is 6. The van der Waals surface area contributed by atoms with Crippen LogP contribution in [0.15, 0.2) is 0 Å². The Labute approximate surface area is 89.1 Å². The van der Waals surface area contributed by atoms with Gasteiger partial charge < -0.3 is 5.32 Å². The smallest absolute Gasteiger partial charge is 0.0207 e. The Bertz CT molecular complexity index is 145. The molecule has 1 N–H and O–H groups in total. The summed E-state index contributed by atoms with van der Waals surface area (Å²) in [6.07, 6.45) is 5.37. The first-order valence-electron chi connectivity index (χ1n) is 6.21. The molecule has 0 bridgehead atoms. The molecule has 0 amide bonds. The van der Waals surface area contributed by atoms with E-state index in [9.17, 15) is 0 Å². The van der Waals surface area contributed by atoms with Crippen LogP contribution < -0.4 is 5.32 Å². The molecule has 0 aromatic heterocycles. The summed E-state index contributed by atoms with van der Waals surface area (Å²) in [7, 11) is 0. The minimum absolute atomic E-state index is 0.720. The van der Waals surface area contributed by atoms with Crippen molar-refractivity contribution in [2.45, 2.75) is 58.5 Å². The Balaban J connectivity index is 2.04. The average Bonchev–Trinajstić information content (AvgIpc) is 2.61. The first-order valence-corrected chi connectivity index (χ1v) is 6.21. The van der Waals surface area contributed by atoms with Crippen LogP contribution >= 0.6 is 0 Å². The number of unbranched alkanes of at least 4 members (excludes halogenated alkanes) is 2. The van der Waals surface area contributed by atoms with Gasteiger partial charge in [-0.25, -0.2) is 0 Å². The molecule has 1 aliphatic rings. The van der Waals surface area contributed by atoms with Crippen molar-refractivity contribution in [2.75, 3.05) is 19.6 Å². The molecule has 1 saturated heterocycles. The van der Waals surface area contributed by atoms with Crippen LogP contribution in [0.1, 0.15) is 46.5 Å². The summed E-state index contributed by atoms with van der Waals surface area (Å²) in [6, 6.07) is 1.48. The topological polar surface area (TPSA) is 15.3 Å². The summed E-state index contributed by atoms with van der Waals surface area (Å²) < 4.78 is 0. The fourth-order valence-electron chi connectivity index (χ4n) is 2.10. The molecule has 0 aromatic rings. The highest BCUT2D eigenvalue weighted by Gasteiger charge is 2.22. The van der Waals surface area contributed by atoms with Gasteiger partial charge in [0.25, 0.3) is 0 Å². The van der Waals surface area contributed by atoms with E-state index in [0.29, 0.717) is 0 Å². The Hall–Kier alpha value is -0.0800. The van der Waals surface area contributed by atoms with Crippen molar-refractivity contribution in [3.05, 3.63) is 0 Å². The Morgan fingerprint density at radius 2 is 2.14 bits per heavy atom. The van der Waals surface area contributed by atoms with Gasteiger partial charge in [0, 0.05) is 18.6 Å². The Morgan fingerprint density at radius 3 is 2.71 bits per heavy atom. The zero-order chi connectivity index (χ0) is 10.4. The van der Waals surface area contributed by atoms with Gasteiger partial charge in [0.15, 0.2) is 0 Å². The molecule has 1 rings (SSSR count). The van der Waals surface area contributed by atoms with Crippen LogP contribution in [-0.2, 0) is 0 Å². The molecular formula is C12H26N2. The minimum Gasteiger partial charge on any atom is -0.313 e. The van der Waals surface area contributed by atoms with Crippen LogP contribution in [0.3, 0.4) is 0 Å². The van der Waals surface area contributed by atoms with E-state index in [4.69, 9.17) is 0 Å². The van der Waals surface area contributed by atoms with Crippen LogP contribution in [0.2, 0.25) is 0 Å². The first kappa shape index (κ1) is 12.0. The maximum Gasteiger partial charge on any atom is 0.0207 e. The molecular weight excluding hydrogens is 172 g/mol. The predicted octanol–water partition coefficient (Wildman–Crippen LogP) is 2.25. The Kier molecular flexibility index (Phi) is 5.49. The molecule has 84 valence electrons. The molecule has 0 aromatic carbocycles. The van der Waals surface area contributed by atoms with Crippen molar-refractivity contribution < 1.29 is 0 Å². The molecule has 0 spiro atoms. The van der Waals surface area contributed by atoms with Gasteiger partial charge in [-0.3, -0.25) is 4.90 Å². The molecule has 1 atom stereocenters. The lowest BCUT2D eigenvalue weighted by Crippen LogP contribution is -2.35. The molecule has 2 heteroatoms. The molecule has 0 saturated carbocycles. The number of likely N-dealkylation sites (tertiary alicyclic amines) is 1. The monoisotopic (exact) mass is 198 g/mol. The molecule has 2 nitrogen and oxygen atoms in total. The number of hydrogen-bond acceptors (Lipinski definition) is 2. The van der Waals surface area contributed by atoms with Crippen LogP contribution in [0, 0.1) is 0 Å². The molecule has 0 aliphatic carbocycles. The highest BCUT2D eigenvalue weighted by Crippen LogP contribution is 2.12. The summed E-state index contributed by atoms with van der Waals surface area (Å²) in [4.78, 5) is 2.57. The van der Waals surface area contributed by atoms with Crippen molar-refractivity contribution in [3.63, 3.8) is 0 Å². The van der Waals surface area contributed by atoms with E-state index in [2.05, 4.69) is 31.0 Å². The van der Waals surface area contributed by atoms with Gasteiger partial charge in [0.1, 0.15) is 0 Å². The highest BCUT2D eigenvalue weighted by atomic mass is 15.2. The van der Waals surface area contributed by atoms with Gasteiger partial charge in [-0.05, 0) is 39.8 Å². The summed E-state index contributed by atoms with van der Waals surface area (Å²) in [6.45, 7) is 10.6. The number of nitrogens with zero attached hydrogens (tertiary/aromatic N) is 1. The lowest BCUT2D eigenvalue weighted by molar-refractivity contribution is 0.268. The second-order valence-electron chi connectivity index (χ2n) is 4.74. The third-order valence-electron chi connectivity index (χ3n) is 3.16. The summed E-state index contributed by atoms with van der Waals surface area (Å²) >= 11 is 0. The fraction of sp³-hybridized carbons (Fsp3) is 1.00. The maximum absolute atomic E-state index is 3.66. The van der Waals surface area contributed by atoms with Crippen LogP contribution in [0.5, 0.6) is 0 Å². The van der Waals surface area contributed by atoms with Crippen molar-refractivity contribution in [1.29, 1.82) is 0 Å². The van der Waals surface area contributed by atoms with Gasteiger partial charge in [-0.2, -0.15) is 0 Å². The van der Waals surface area contributed by atoms with Gasteiger partial charge in [-0.1, -0.05) is 19.8 Å². The standard InChI is InChI=1S/C12H26N2/c1-4-5-6-8-13-12-7-9-14(10-12)11(2)3/h11-13H,4-10H2,1-3H3. The lowest BCUT2D eigenvalue weighted by atomic mass is 10.2. The largest absolute Gasteiger partial charge is 0.313 e. The van der Waals surface area contributed by atoms with E-state index in [1.54, 1.807) is 0 Å². The van der Waals surface area contributed by atoms with E-state index < -0.39 is 0 Å². The molecule has 14 heavy (non-hydrogen) atoms. The van der Waals surface area contributed by atoms with Gasteiger partial charge in [0.05, 0.1) is 0 Å². The molecule has 1 heterocycles. The van der Waals surface area contributed by atoms with Gasteiger partial charge in [0.2, 0.25) is 0 Å². The third kappa shape index (κ3) is 3.97. The minimum atomic E-state index is 0.720.